The van der Waals surface area contributed by atoms with Crippen molar-refractivity contribution in [2.75, 3.05) is 26.8 Å². The Hall–Kier alpha value is -0.0400. The van der Waals surface area contributed by atoms with Crippen LogP contribution in [0, 0.1) is 5.41 Å². The molecule has 1 fully saturated rings. The molecule has 0 aliphatic heterocycles. The van der Waals surface area contributed by atoms with Crippen molar-refractivity contribution < 1.29 is 4.74 Å². The fourth-order valence-electron chi connectivity index (χ4n) is 1.86. The molecule has 0 aromatic heterocycles. The van der Waals surface area contributed by atoms with Gasteiger partial charge in [-0.3, -0.25) is 4.99 Å². The third-order valence-corrected chi connectivity index (χ3v) is 3.22. The topological polar surface area (TPSA) is 45.6 Å². The maximum absolute atomic E-state index is 5.43. The van der Waals surface area contributed by atoms with E-state index in [1.807, 2.05) is 14.0 Å². The van der Waals surface area contributed by atoms with Crippen LogP contribution < -0.4 is 10.6 Å². The minimum Gasteiger partial charge on any atom is -0.382 e. The highest BCUT2D eigenvalue weighted by atomic mass is 127. The molecular formula is C13H28IN3O. The Morgan fingerprint density at radius 1 is 1.39 bits per heavy atom. The lowest BCUT2D eigenvalue weighted by molar-refractivity contribution is 0.128. The molecule has 108 valence electrons. The summed E-state index contributed by atoms with van der Waals surface area (Å²) in [7, 11) is 1.82. The largest absolute Gasteiger partial charge is 0.382 e. The molecule has 1 aliphatic rings. The predicted octanol–water partition coefficient (Wildman–Crippen LogP) is 2.38. The van der Waals surface area contributed by atoms with Crippen molar-refractivity contribution in [2.24, 2.45) is 10.4 Å². The van der Waals surface area contributed by atoms with E-state index in [2.05, 4.69) is 29.5 Å². The average Bonchev–Trinajstić information content (AvgIpc) is 3.05. The van der Waals surface area contributed by atoms with E-state index in [9.17, 15) is 0 Å². The number of rotatable bonds is 7. The molecule has 0 saturated heterocycles. The summed E-state index contributed by atoms with van der Waals surface area (Å²) in [5.74, 6) is 0.905. The normalized spacial score (nSPS) is 17.3. The second-order valence-electron chi connectivity index (χ2n) is 5.17. The number of halogens is 1. The van der Waals surface area contributed by atoms with Crippen LogP contribution in [0.2, 0.25) is 0 Å². The SMILES string of the molecule is CCOCCC1(CNC(=NC)NC(C)C)CC1.I. The minimum absolute atomic E-state index is 0. The molecule has 1 rings (SSSR count). The molecule has 0 heterocycles. The van der Waals surface area contributed by atoms with Crippen LogP contribution >= 0.6 is 24.0 Å². The second-order valence-corrected chi connectivity index (χ2v) is 5.17. The summed E-state index contributed by atoms with van der Waals surface area (Å²) in [6, 6.07) is 0.416. The van der Waals surface area contributed by atoms with Crippen LogP contribution in [-0.4, -0.2) is 38.8 Å². The van der Waals surface area contributed by atoms with Crippen molar-refractivity contribution in [3.05, 3.63) is 0 Å². The van der Waals surface area contributed by atoms with Crippen molar-refractivity contribution in [1.82, 2.24) is 10.6 Å². The molecule has 0 amide bonds. The quantitative estimate of drug-likeness (QED) is 0.314. The average molecular weight is 369 g/mol. The maximum Gasteiger partial charge on any atom is 0.191 e. The van der Waals surface area contributed by atoms with Gasteiger partial charge in [-0.1, -0.05) is 0 Å². The van der Waals surface area contributed by atoms with E-state index in [1.165, 1.54) is 12.8 Å². The van der Waals surface area contributed by atoms with Crippen LogP contribution in [0.25, 0.3) is 0 Å². The number of hydrogen-bond acceptors (Lipinski definition) is 2. The second kappa shape index (κ2) is 8.96. The summed E-state index contributed by atoms with van der Waals surface area (Å²) in [6.07, 6.45) is 3.78. The maximum atomic E-state index is 5.43. The van der Waals surface area contributed by atoms with E-state index in [1.54, 1.807) is 0 Å². The first kappa shape index (κ1) is 18.0. The molecule has 0 aromatic carbocycles. The lowest BCUT2D eigenvalue weighted by Gasteiger charge is -2.19. The first-order valence-electron chi connectivity index (χ1n) is 6.67. The van der Waals surface area contributed by atoms with Gasteiger partial charge in [-0.05, 0) is 45.4 Å². The number of aliphatic imine (C=N–C) groups is 1. The molecule has 0 bridgehead atoms. The molecule has 0 radical (unpaired) electrons. The molecule has 0 atom stereocenters. The van der Waals surface area contributed by atoms with Gasteiger partial charge >= 0.3 is 0 Å². The number of guanidine groups is 1. The Bertz CT molecular complexity index is 253. The van der Waals surface area contributed by atoms with Gasteiger partial charge < -0.3 is 15.4 Å². The van der Waals surface area contributed by atoms with E-state index in [4.69, 9.17) is 4.74 Å². The molecule has 5 heteroatoms. The van der Waals surface area contributed by atoms with Gasteiger partial charge in [0.25, 0.3) is 0 Å². The number of hydrogen-bond donors (Lipinski definition) is 2. The lowest BCUT2D eigenvalue weighted by atomic mass is 10.0. The Kier molecular flexibility index (Phi) is 8.94. The predicted molar refractivity (Wildman–Crippen MR) is 87.8 cm³/mol. The molecule has 2 N–H and O–H groups in total. The highest BCUT2D eigenvalue weighted by Gasteiger charge is 2.41. The zero-order valence-electron chi connectivity index (χ0n) is 12.1. The summed E-state index contributed by atoms with van der Waals surface area (Å²) in [6.45, 7) is 9.00. The fourth-order valence-corrected chi connectivity index (χ4v) is 1.86. The molecule has 1 saturated carbocycles. The van der Waals surface area contributed by atoms with Gasteiger partial charge in [-0.2, -0.15) is 0 Å². The van der Waals surface area contributed by atoms with Gasteiger partial charge in [0, 0.05) is 32.8 Å². The van der Waals surface area contributed by atoms with Crippen LogP contribution in [0.15, 0.2) is 4.99 Å². The van der Waals surface area contributed by atoms with Crippen LogP contribution in [-0.2, 0) is 4.74 Å². The van der Waals surface area contributed by atoms with E-state index in [-0.39, 0.29) is 24.0 Å². The molecule has 1 aliphatic carbocycles. The van der Waals surface area contributed by atoms with Gasteiger partial charge in [0.2, 0.25) is 0 Å². The Morgan fingerprint density at radius 2 is 2.06 bits per heavy atom. The molecule has 4 nitrogen and oxygen atoms in total. The van der Waals surface area contributed by atoms with E-state index in [0.717, 1.165) is 32.1 Å². The highest BCUT2D eigenvalue weighted by Crippen LogP contribution is 2.48. The van der Waals surface area contributed by atoms with E-state index in [0.29, 0.717) is 11.5 Å². The van der Waals surface area contributed by atoms with E-state index >= 15 is 0 Å². The van der Waals surface area contributed by atoms with Crippen LogP contribution in [0.5, 0.6) is 0 Å². The van der Waals surface area contributed by atoms with Crippen molar-refractivity contribution in [3.63, 3.8) is 0 Å². The summed E-state index contributed by atoms with van der Waals surface area (Å²) in [4.78, 5) is 4.22. The van der Waals surface area contributed by atoms with Crippen LogP contribution in [0.1, 0.15) is 40.0 Å². The fraction of sp³-hybridized carbons (Fsp3) is 0.923. The number of ether oxygens (including phenoxy) is 1. The summed E-state index contributed by atoms with van der Waals surface area (Å²) < 4.78 is 5.43. The minimum atomic E-state index is 0. The molecule has 18 heavy (non-hydrogen) atoms. The monoisotopic (exact) mass is 369 g/mol. The van der Waals surface area contributed by atoms with Gasteiger partial charge in [0.1, 0.15) is 0 Å². The van der Waals surface area contributed by atoms with Crippen molar-refractivity contribution in [2.45, 2.75) is 46.1 Å². The van der Waals surface area contributed by atoms with Gasteiger partial charge in [0.15, 0.2) is 5.96 Å². The number of nitrogens with one attached hydrogen (secondary N) is 2. The first-order chi connectivity index (χ1) is 8.12. The summed E-state index contributed by atoms with van der Waals surface area (Å²) in [5, 5.41) is 6.72. The number of nitrogens with zero attached hydrogens (tertiary/aromatic N) is 1. The van der Waals surface area contributed by atoms with Gasteiger partial charge in [0.05, 0.1) is 0 Å². The zero-order chi connectivity index (χ0) is 12.7. The lowest BCUT2D eigenvalue weighted by Crippen LogP contribution is -2.43. The highest BCUT2D eigenvalue weighted by molar-refractivity contribution is 14.0. The van der Waals surface area contributed by atoms with Crippen molar-refractivity contribution >= 4 is 29.9 Å². The van der Waals surface area contributed by atoms with Crippen LogP contribution in [0.3, 0.4) is 0 Å². The van der Waals surface area contributed by atoms with E-state index < -0.39 is 0 Å². The first-order valence-corrected chi connectivity index (χ1v) is 6.67. The molecule has 0 aromatic rings. The summed E-state index contributed by atoms with van der Waals surface area (Å²) >= 11 is 0. The third-order valence-electron chi connectivity index (χ3n) is 3.22. The van der Waals surface area contributed by atoms with Crippen LogP contribution in [0.4, 0.5) is 0 Å². The Morgan fingerprint density at radius 3 is 2.50 bits per heavy atom. The standard InChI is InChI=1S/C13H27N3O.HI/c1-5-17-9-8-13(6-7-13)10-15-12(14-4)16-11(2)3;/h11H,5-10H2,1-4H3,(H2,14,15,16);1H. The van der Waals surface area contributed by atoms with Gasteiger partial charge in [-0.15, -0.1) is 24.0 Å². The van der Waals surface area contributed by atoms with Crippen molar-refractivity contribution in [3.8, 4) is 0 Å². The van der Waals surface area contributed by atoms with Gasteiger partial charge in [-0.25, -0.2) is 0 Å². The zero-order valence-corrected chi connectivity index (χ0v) is 14.4. The molecular weight excluding hydrogens is 341 g/mol. The molecule has 0 unspecified atom stereocenters. The third kappa shape index (κ3) is 6.78. The summed E-state index contributed by atoms with van der Waals surface area (Å²) in [5.41, 5.74) is 0.462. The smallest absolute Gasteiger partial charge is 0.191 e. The molecule has 0 spiro atoms. The van der Waals surface area contributed by atoms with Crippen molar-refractivity contribution in [1.29, 1.82) is 0 Å². The Labute approximate surface area is 128 Å². The Balaban J connectivity index is 0.00000289.